The van der Waals surface area contributed by atoms with Gasteiger partial charge in [-0.15, -0.1) is 0 Å². The van der Waals surface area contributed by atoms with Crippen LogP contribution in [0.1, 0.15) is 17.5 Å². The predicted octanol–water partition coefficient (Wildman–Crippen LogP) is 2.86. The van der Waals surface area contributed by atoms with Crippen molar-refractivity contribution in [1.29, 1.82) is 0 Å². The van der Waals surface area contributed by atoms with Crippen molar-refractivity contribution in [2.24, 2.45) is 0 Å². The molecule has 0 N–H and O–H groups in total. The Morgan fingerprint density at radius 3 is 2.77 bits per heavy atom. The van der Waals surface area contributed by atoms with Crippen LogP contribution in [-0.2, 0) is 6.42 Å². The first-order valence-electron chi connectivity index (χ1n) is 5.20. The summed E-state index contributed by atoms with van der Waals surface area (Å²) in [6.07, 6.45) is 2.76. The summed E-state index contributed by atoms with van der Waals surface area (Å²) < 4.78 is 1.76. The standard InChI is InChI=1S/C12H18Ge/c1-10-6-7-12-11(9-10)5-4-8-13(12,2)3/h6-7,9H,4-5,8H2,1-3H3. The summed E-state index contributed by atoms with van der Waals surface area (Å²) in [5.41, 5.74) is 3.09. The van der Waals surface area contributed by atoms with Gasteiger partial charge in [0.15, 0.2) is 0 Å². The van der Waals surface area contributed by atoms with Gasteiger partial charge in [0.1, 0.15) is 0 Å². The van der Waals surface area contributed by atoms with Gasteiger partial charge in [-0.1, -0.05) is 0 Å². The van der Waals surface area contributed by atoms with Crippen LogP contribution < -0.4 is 4.40 Å². The van der Waals surface area contributed by atoms with E-state index in [0.717, 1.165) is 0 Å². The molecule has 0 fully saturated rings. The minimum absolute atomic E-state index is 1.33. The van der Waals surface area contributed by atoms with Crippen LogP contribution in [0.15, 0.2) is 18.2 Å². The monoisotopic (exact) mass is 236 g/mol. The Hall–Kier alpha value is -0.237. The van der Waals surface area contributed by atoms with E-state index in [1.54, 1.807) is 9.96 Å². The molecule has 1 aliphatic rings. The van der Waals surface area contributed by atoms with E-state index in [9.17, 15) is 0 Å². The third kappa shape index (κ3) is 1.69. The number of hydrogen-bond donors (Lipinski definition) is 0. The minimum atomic E-state index is -1.54. The number of benzene rings is 1. The molecule has 0 radical (unpaired) electrons. The third-order valence-electron chi connectivity index (χ3n) is 3.24. The molecule has 0 saturated carbocycles. The Balaban J connectivity index is 2.53. The van der Waals surface area contributed by atoms with Gasteiger partial charge in [0, 0.05) is 0 Å². The maximum atomic E-state index is 2.55. The molecule has 0 saturated heterocycles. The van der Waals surface area contributed by atoms with Crippen LogP contribution in [0.4, 0.5) is 0 Å². The zero-order valence-corrected chi connectivity index (χ0v) is 11.0. The van der Waals surface area contributed by atoms with Crippen molar-refractivity contribution in [2.45, 2.75) is 36.5 Å². The zero-order chi connectivity index (χ0) is 9.47. The molecule has 70 valence electrons. The molecule has 0 aliphatic carbocycles. The van der Waals surface area contributed by atoms with Gasteiger partial charge in [-0.25, -0.2) is 0 Å². The summed E-state index contributed by atoms with van der Waals surface area (Å²) in [7, 11) is 0. The van der Waals surface area contributed by atoms with Crippen LogP contribution in [0, 0.1) is 6.92 Å². The van der Waals surface area contributed by atoms with Crippen molar-refractivity contribution in [3.63, 3.8) is 0 Å². The fourth-order valence-electron chi connectivity index (χ4n) is 2.45. The van der Waals surface area contributed by atoms with Crippen LogP contribution in [-0.4, -0.2) is 13.3 Å². The normalized spacial score (nSPS) is 19.6. The van der Waals surface area contributed by atoms with Crippen LogP contribution in [0.5, 0.6) is 0 Å². The third-order valence-corrected chi connectivity index (χ3v) is 10.7. The van der Waals surface area contributed by atoms with Crippen LogP contribution in [0.2, 0.25) is 16.8 Å². The first-order chi connectivity index (χ1) is 6.09. The van der Waals surface area contributed by atoms with Crippen LogP contribution >= 0.6 is 0 Å². The molecule has 1 heterocycles. The molecule has 1 aromatic carbocycles. The van der Waals surface area contributed by atoms with E-state index in [4.69, 9.17) is 0 Å². The van der Waals surface area contributed by atoms with E-state index in [1.807, 2.05) is 0 Å². The van der Waals surface area contributed by atoms with Gasteiger partial charge in [0.05, 0.1) is 0 Å². The topological polar surface area (TPSA) is 0 Å². The average Bonchev–Trinajstić information content (AvgIpc) is 2.02. The first-order valence-corrected chi connectivity index (χ1v) is 11.9. The van der Waals surface area contributed by atoms with Gasteiger partial charge in [-0.2, -0.15) is 0 Å². The van der Waals surface area contributed by atoms with Crippen molar-refractivity contribution in [1.82, 2.24) is 0 Å². The maximum absolute atomic E-state index is 2.55. The second-order valence-corrected chi connectivity index (χ2v) is 15.0. The van der Waals surface area contributed by atoms with Crippen LogP contribution in [0.25, 0.3) is 0 Å². The Morgan fingerprint density at radius 2 is 2.00 bits per heavy atom. The number of hydrogen-bond acceptors (Lipinski definition) is 0. The Kier molecular flexibility index (Phi) is 2.27. The van der Waals surface area contributed by atoms with Gasteiger partial charge in [0.2, 0.25) is 0 Å². The summed E-state index contributed by atoms with van der Waals surface area (Å²) in [6, 6.07) is 7.10. The van der Waals surface area contributed by atoms with E-state index in [0.29, 0.717) is 0 Å². The van der Waals surface area contributed by atoms with E-state index in [2.05, 4.69) is 36.6 Å². The van der Waals surface area contributed by atoms with Crippen molar-refractivity contribution in [2.75, 3.05) is 0 Å². The van der Waals surface area contributed by atoms with Gasteiger partial charge >= 0.3 is 83.5 Å². The number of rotatable bonds is 0. The fourth-order valence-corrected chi connectivity index (χ4v) is 8.59. The Bertz CT molecular complexity index is 326. The molecule has 0 atom stereocenters. The van der Waals surface area contributed by atoms with Crippen molar-refractivity contribution < 1.29 is 0 Å². The molecule has 0 nitrogen and oxygen atoms in total. The number of fused-ring (bicyclic) bond motifs is 1. The molecule has 2 rings (SSSR count). The van der Waals surface area contributed by atoms with Gasteiger partial charge in [-0.05, 0) is 0 Å². The molecular formula is C12H18Ge. The summed E-state index contributed by atoms with van der Waals surface area (Å²) in [4.78, 5) is 0. The molecule has 0 unspecified atom stereocenters. The molecule has 1 heteroatoms. The summed E-state index contributed by atoms with van der Waals surface area (Å²) in [5.74, 6) is 5.10. The quantitative estimate of drug-likeness (QED) is 0.606. The molecule has 0 spiro atoms. The second-order valence-electron chi connectivity index (χ2n) is 4.90. The molecule has 0 aromatic heterocycles. The molecule has 1 aromatic rings. The van der Waals surface area contributed by atoms with E-state index >= 15 is 0 Å². The molecule has 0 amide bonds. The van der Waals surface area contributed by atoms with Crippen molar-refractivity contribution in [3.05, 3.63) is 29.3 Å². The average molecular weight is 235 g/mol. The Labute approximate surface area is 83.7 Å². The molecule has 1 aliphatic heterocycles. The fraction of sp³-hybridized carbons (Fsp3) is 0.500. The predicted molar refractivity (Wildman–Crippen MR) is 61.4 cm³/mol. The van der Waals surface area contributed by atoms with Gasteiger partial charge in [-0.3, -0.25) is 0 Å². The first kappa shape index (κ1) is 9.32. The zero-order valence-electron chi connectivity index (χ0n) is 8.85. The SMILES string of the molecule is Cc1cc[c]2c(c1)CC[CH2][Ge]2([CH3])[CH3]. The van der Waals surface area contributed by atoms with Crippen molar-refractivity contribution in [3.8, 4) is 0 Å². The van der Waals surface area contributed by atoms with E-state index in [1.165, 1.54) is 23.7 Å². The van der Waals surface area contributed by atoms with Gasteiger partial charge < -0.3 is 0 Å². The van der Waals surface area contributed by atoms with Gasteiger partial charge in [0.25, 0.3) is 0 Å². The molecule has 0 bridgehead atoms. The summed E-state index contributed by atoms with van der Waals surface area (Å²) in [5, 5.41) is 1.52. The molecular weight excluding hydrogens is 217 g/mol. The number of aryl methyl sites for hydroxylation is 2. The Morgan fingerprint density at radius 1 is 1.23 bits per heavy atom. The van der Waals surface area contributed by atoms with E-state index in [-0.39, 0.29) is 0 Å². The van der Waals surface area contributed by atoms with Crippen LogP contribution in [0.3, 0.4) is 0 Å². The second kappa shape index (κ2) is 3.16. The molecule has 13 heavy (non-hydrogen) atoms. The summed E-state index contributed by atoms with van der Waals surface area (Å²) in [6.45, 7) is 2.20. The van der Waals surface area contributed by atoms with Crippen molar-refractivity contribution >= 4 is 17.7 Å². The summed E-state index contributed by atoms with van der Waals surface area (Å²) >= 11 is -1.54. The van der Waals surface area contributed by atoms with E-state index < -0.39 is 13.3 Å².